The van der Waals surface area contributed by atoms with E-state index in [1.807, 2.05) is 20.9 Å². The number of para-hydroxylation sites is 1. The summed E-state index contributed by atoms with van der Waals surface area (Å²) in [6.45, 7) is 7.69. The molecule has 0 radical (unpaired) electrons. The van der Waals surface area contributed by atoms with Gasteiger partial charge in [0.05, 0.1) is 6.20 Å². The van der Waals surface area contributed by atoms with Gasteiger partial charge in [0, 0.05) is 43.3 Å². The topological polar surface area (TPSA) is 55.1 Å². The fourth-order valence-electron chi connectivity index (χ4n) is 4.21. The van der Waals surface area contributed by atoms with Crippen LogP contribution in [0.15, 0.2) is 42.6 Å². The number of fused-ring (bicyclic) bond motifs is 1. The monoisotopic (exact) mass is 377 g/mol. The highest BCUT2D eigenvalue weighted by atomic mass is 16.1. The lowest BCUT2D eigenvalue weighted by Crippen LogP contribution is -2.38. The smallest absolute Gasteiger partial charge is 0.256 e. The number of carbonyl (C=O) groups is 1. The summed E-state index contributed by atoms with van der Waals surface area (Å²) < 4.78 is 3.83. The van der Waals surface area contributed by atoms with Crippen LogP contribution in [0, 0.1) is 13.8 Å². The van der Waals surface area contributed by atoms with Gasteiger partial charge in [0.15, 0.2) is 0 Å². The average molecular weight is 377 g/mol. The summed E-state index contributed by atoms with van der Waals surface area (Å²) in [6.07, 6.45) is 2.71. The van der Waals surface area contributed by atoms with Gasteiger partial charge in [0.1, 0.15) is 11.4 Å². The first kappa shape index (κ1) is 18.3. The van der Waals surface area contributed by atoms with Crippen LogP contribution in [-0.2, 0) is 13.5 Å². The summed E-state index contributed by atoms with van der Waals surface area (Å²) in [5, 5.41) is 7.41. The maximum Gasteiger partial charge on any atom is 0.256 e. The maximum atomic E-state index is 12.9. The third kappa shape index (κ3) is 3.09. The Kier molecular flexibility index (Phi) is 4.71. The van der Waals surface area contributed by atoms with E-state index in [4.69, 9.17) is 0 Å². The van der Waals surface area contributed by atoms with Gasteiger partial charge in [-0.25, -0.2) is 0 Å². The zero-order chi connectivity index (χ0) is 19.8. The van der Waals surface area contributed by atoms with Crippen LogP contribution < -0.4 is 10.2 Å². The number of aromatic nitrogens is 3. The van der Waals surface area contributed by atoms with Gasteiger partial charge in [-0.1, -0.05) is 18.2 Å². The summed E-state index contributed by atoms with van der Waals surface area (Å²) in [6, 6.07) is 13.1. The molecule has 0 aliphatic carbocycles. The fraction of sp³-hybridized carbons (Fsp3) is 0.364. The minimum absolute atomic E-state index is 0.0873. The molecule has 3 aromatic rings. The Morgan fingerprint density at radius 2 is 1.89 bits per heavy atom. The van der Waals surface area contributed by atoms with Crippen molar-refractivity contribution in [2.24, 2.45) is 7.05 Å². The number of hydrogen-bond donors (Lipinski definition) is 1. The lowest BCUT2D eigenvalue weighted by molar-refractivity contribution is 0.0954. The minimum Gasteiger partial charge on any atom is -0.367 e. The second-order valence-electron chi connectivity index (χ2n) is 7.59. The Labute approximate surface area is 165 Å². The summed E-state index contributed by atoms with van der Waals surface area (Å²) in [4.78, 5) is 15.3. The van der Waals surface area contributed by atoms with Crippen molar-refractivity contribution in [1.82, 2.24) is 19.7 Å². The molecule has 0 spiro atoms. The van der Waals surface area contributed by atoms with E-state index in [1.165, 1.54) is 11.3 Å². The maximum absolute atomic E-state index is 12.9. The molecular weight excluding hydrogens is 350 g/mol. The van der Waals surface area contributed by atoms with E-state index in [1.54, 1.807) is 10.9 Å². The lowest BCUT2D eigenvalue weighted by atomic mass is 10.1. The molecule has 1 aliphatic rings. The van der Waals surface area contributed by atoms with E-state index in [9.17, 15) is 4.79 Å². The lowest BCUT2D eigenvalue weighted by Gasteiger charge is -2.25. The van der Waals surface area contributed by atoms with Gasteiger partial charge >= 0.3 is 0 Å². The van der Waals surface area contributed by atoms with Gasteiger partial charge in [0.2, 0.25) is 0 Å². The van der Waals surface area contributed by atoms with E-state index >= 15 is 0 Å². The highest BCUT2D eigenvalue weighted by molar-refractivity contribution is 5.97. The van der Waals surface area contributed by atoms with Gasteiger partial charge in [-0.3, -0.25) is 9.48 Å². The van der Waals surface area contributed by atoms with Crippen LogP contribution in [-0.4, -0.2) is 39.4 Å². The Hall–Kier alpha value is -3.02. The van der Waals surface area contributed by atoms with Crippen molar-refractivity contribution >= 4 is 11.6 Å². The van der Waals surface area contributed by atoms with Gasteiger partial charge in [-0.05, 0) is 51.0 Å². The van der Waals surface area contributed by atoms with Crippen LogP contribution in [0.3, 0.4) is 0 Å². The molecule has 1 aromatic carbocycles. The number of rotatable bonds is 5. The Morgan fingerprint density at radius 1 is 1.18 bits per heavy atom. The number of nitrogens with zero attached hydrogens (tertiary/aromatic N) is 4. The van der Waals surface area contributed by atoms with E-state index < -0.39 is 0 Å². The molecule has 0 saturated heterocycles. The van der Waals surface area contributed by atoms with Crippen LogP contribution in [0.2, 0.25) is 0 Å². The van der Waals surface area contributed by atoms with E-state index in [0.717, 1.165) is 30.2 Å². The molecule has 28 heavy (non-hydrogen) atoms. The molecule has 6 heteroatoms. The van der Waals surface area contributed by atoms with Crippen LogP contribution in [0.4, 0.5) is 5.69 Å². The molecular formula is C22H27N5O. The first-order chi connectivity index (χ1) is 13.5. The molecule has 4 rings (SSSR count). The normalized spacial score (nSPS) is 15.7. The number of hydrogen-bond acceptors (Lipinski definition) is 3. The summed E-state index contributed by atoms with van der Waals surface area (Å²) in [5.41, 5.74) is 5.43. The molecule has 1 N–H and O–H groups in total. The molecule has 0 fully saturated rings. The zero-order valence-electron chi connectivity index (χ0n) is 16.9. The summed E-state index contributed by atoms with van der Waals surface area (Å²) in [5.74, 6) is 0.716. The summed E-state index contributed by atoms with van der Waals surface area (Å²) >= 11 is 0. The molecule has 3 heterocycles. The molecule has 6 nitrogen and oxygen atoms in total. The molecule has 0 saturated carbocycles. The zero-order valence-corrected chi connectivity index (χ0v) is 16.9. The van der Waals surface area contributed by atoms with E-state index in [-0.39, 0.29) is 5.91 Å². The number of amides is 1. The number of aryl methyl sites for hydroxylation is 3. The number of nitrogens with one attached hydrogen (secondary N) is 1. The third-order valence-electron chi connectivity index (χ3n) is 5.62. The van der Waals surface area contributed by atoms with Crippen molar-refractivity contribution in [3.63, 3.8) is 0 Å². The van der Waals surface area contributed by atoms with Crippen LogP contribution in [0.25, 0.3) is 5.82 Å². The SMILES string of the molecule is Cc1ccc(C)n1-c1c(C(=O)NCCN2c3ccccc3C[C@H]2C)cnn1C. The van der Waals surface area contributed by atoms with Crippen molar-refractivity contribution in [2.45, 2.75) is 33.2 Å². The molecule has 1 aliphatic heterocycles. The second-order valence-corrected chi connectivity index (χ2v) is 7.59. The predicted molar refractivity (Wildman–Crippen MR) is 111 cm³/mol. The van der Waals surface area contributed by atoms with Crippen molar-refractivity contribution in [3.05, 3.63) is 65.1 Å². The number of benzene rings is 1. The summed E-state index contributed by atoms with van der Waals surface area (Å²) in [7, 11) is 1.87. The highest BCUT2D eigenvalue weighted by Crippen LogP contribution is 2.31. The second kappa shape index (κ2) is 7.19. The Balaban J connectivity index is 1.47. The van der Waals surface area contributed by atoms with Crippen LogP contribution in [0.5, 0.6) is 0 Å². The molecule has 0 bridgehead atoms. The van der Waals surface area contributed by atoms with Crippen LogP contribution in [0.1, 0.15) is 34.2 Å². The molecule has 146 valence electrons. The van der Waals surface area contributed by atoms with Gasteiger partial charge in [-0.15, -0.1) is 0 Å². The van der Waals surface area contributed by atoms with Gasteiger partial charge in [0.25, 0.3) is 5.91 Å². The minimum atomic E-state index is -0.0873. The van der Waals surface area contributed by atoms with Crippen molar-refractivity contribution in [2.75, 3.05) is 18.0 Å². The molecule has 1 atom stereocenters. The van der Waals surface area contributed by atoms with Crippen molar-refractivity contribution < 1.29 is 4.79 Å². The van der Waals surface area contributed by atoms with Crippen molar-refractivity contribution in [1.29, 1.82) is 0 Å². The molecule has 2 aromatic heterocycles. The quantitative estimate of drug-likeness (QED) is 0.744. The third-order valence-corrected chi connectivity index (χ3v) is 5.62. The standard InChI is InChI=1S/C22H27N5O/c1-15-9-10-16(2)27(15)22-19(14-24-25(22)4)21(28)23-11-12-26-17(3)13-18-7-5-6-8-20(18)26/h5-10,14,17H,11-13H2,1-4H3,(H,23,28)/t17-/m1/s1. The highest BCUT2D eigenvalue weighted by Gasteiger charge is 2.25. The van der Waals surface area contributed by atoms with E-state index in [2.05, 4.69) is 63.2 Å². The van der Waals surface area contributed by atoms with Gasteiger partial charge in [-0.2, -0.15) is 5.10 Å². The first-order valence-electron chi connectivity index (χ1n) is 9.77. The number of carbonyl (C=O) groups excluding carboxylic acids is 1. The van der Waals surface area contributed by atoms with Gasteiger partial charge < -0.3 is 14.8 Å². The largest absolute Gasteiger partial charge is 0.367 e. The Bertz CT molecular complexity index is 996. The fourth-order valence-corrected chi connectivity index (χ4v) is 4.21. The first-order valence-corrected chi connectivity index (χ1v) is 9.77. The average Bonchev–Trinajstić information content (AvgIpc) is 3.31. The van der Waals surface area contributed by atoms with E-state index in [0.29, 0.717) is 18.2 Å². The predicted octanol–water partition coefficient (Wildman–Crippen LogP) is 3.01. The molecule has 1 amide bonds. The molecule has 0 unspecified atom stereocenters. The van der Waals surface area contributed by atoms with Crippen molar-refractivity contribution in [3.8, 4) is 5.82 Å². The number of anilines is 1. The Morgan fingerprint density at radius 3 is 2.64 bits per heavy atom. The van der Waals surface area contributed by atoms with Crippen LogP contribution >= 0.6 is 0 Å².